The normalized spacial score (nSPS) is 13.0. The van der Waals surface area contributed by atoms with Crippen LogP contribution in [0.5, 0.6) is 0 Å². The Labute approximate surface area is 299 Å². The third-order valence-electron chi connectivity index (χ3n) is 9.01. The lowest BCUT2D eigenvalue weighted by atomic mass is 9.94. The first kappa shape index (κ1) is 23.8. The first-order valence-electron chi connectivity index (χ1n) is 18.7. The van der Waals surface area contributed by atoms with Crippen molar-refractivity contribution in [2.75, 3.05) is 0 Å². The van der Waals surface area contributed by atoms with Crippen molar-refractivity contribution in [3.8, 4) is 56.4 Å². The number of benzene rings is 7. The van der Waals surface area contributed by atoms with Gasteiger partial charge in [-0.1, -0.05) is 121 Å². The van der Waals surface area contributed by atoms with Crippen molar-refractivity contribution in [2.24, 2.45) is 0 Å². The molecule has 0 fully saturated rings. The zero-order valence-electron chi connectivity index (χ0n) is 31.4. The van der Waals surface area contributed by atoms with Gasteiger partial charge in [0.15, 0.2) is 17.5 Å². The number of thiophene rings is 1. The molecule has 0 aliphatic rings. The molecule has 4 nitrogen and oxygen atoms in total. The van der Waals surface area contributed by atoms with Gasteiger partial charge in [0, 0.05) is 47.6 Å². The van der Waals surface area contributed by atoms with Crippen molar-refractivity contribution in [3.05, 3.63) is 164 Å². The highest BCUT2D eigenvalue weighted by molar-refractivity contribution is 7.26. The summed E-state index contributed by atoms with van der Waals surface area (Å²) in [5, 5.41) is 3.74. The molecule has 7 aromatic carbocycles. The van der Waals surface area contributed by atoms with Crippen LogP contribution in [0.1, 0.15) is 6.85 Å². The average Bonchev–Trinajstić information content (AvgIpc) is 3.80. The Bertz CT molecular complexity index is 3080. The van der Waals surface area contributed by atoms with Gasteiger partial charge in [-0.15, -0.1) is 11.3 Å². The minimum absolute atomic E-state index is 0.183. The quantitative estimate of drug-likeness (QED) is 0.184. The lowest BCUT2D eigenvalue weighted by molar-refractivity contribution is 0.669. The highest BCUT2D eigenvalue weighted by Crippen LogP contribution is 2.43. The molecule has 0 saturated carbocycles. The summed E-state index contributed by atoms with van der Waals surface area (Å²) in [6, 6.07) is 42.3. The van der Waals surface area contributed by atoms with E-state index in [1.807, 2.05) is 127 Å². The predicted molar refractivity (Wildman–Crippen MR) is 207 cm³/mol. The van der Waals surface area contributed by atoms with Crippen molar-refractivity contribution >= 4 is 53.4 Å². The molecule has 0 N–H and O–H groups in total. The van der Waals surface area contributed by atoms with Crippen LogP contribution in [0.4, 0.5) is 0 Å². The van der Waals surface area contributed by atoms with Gasteiger partial charge in [-0.2, -0.15) is 0 Å². The van der Waals surface area contributed by atoms with Crippen LogP contribution in [-0.2, 0) is 0 Å². The molecule has 0 saturated heterocycles. The van der Waals surface area contributed by atoms with Crippen LogP contribution in [0.25, 0.3) is 98.5 Å². The summed E-state index contributed by atoms with van der Waals surface area (Å²) >= 11 is 1.62. The Morgan fingerprint density at radius 3 is 1.70 bits per heavy atom. The van der Waals surface area contributed by atoms with Crippen LogP contribution in [0, 0.1) is 0 Å². The Hall–Kier alpha value is -6.43. The lowest BCUT2D eigenvalue weighted by Crippen LogP contribution is -2.00. The highest BCUT2D eigenvalue weighted by atomic mass is 32.1. The number of furan rings is 1. The van der Waals surface area contributed by atoms with Crippen LogP contribution in [0.15, 0.2) is 168 Å². The molecule has 0 spiro atoms. The molecular weight excluding hydrogens is 631 g/mol. The molecule has 0 bridgehead atoms. The van der Waals surface area contributed by atoms with E-state index in [9.17, 15) is 0 Å². The van der Waals surface area contributed by atoms with E-state index < -0.39 is 6.04 Å². The number of rotatable bonds is 5. The van der Waals surface area contributed by atoms with Gasteiger partial charge in [-0.05, 0) is 64.7 Å². The van der Waals surface area contributed by atoms with E-state index in [0.29, 0.717) is 34.2 Å². The maximum absolute atomic E-state index is 8.85. The molecular formula is C45H27N3OS. The topological polar surface area (TPSA) is 51.8 Å². The van der Waals surface area contributed by atoms with Crippen LogP contribution in [0.3, 0.4) is 0 Å². The summed E-state index contributed by atoms with van der Waals surface area (Å²) in [5.41, 5.74) is 6.45. The van der Waals surface area contributed by atoms with Crippen LogP contribution < -0.4 is 0 Å². The minimum atomic E-state index is -0.413. The van der Waals surface area contributed by atoms with Crippen molar-refractivity contribution in [1.29, 1.82) is 0 Å². The zero-order chi connectivity index (χ0) is 37.4. The van der Waals surface area contributed by atoms with Crippen LogP contribution in [-0.4, -0.2) is 15.0 Å². The largest absolute Gasteiger partial charge is 0.456 e. The summed E-state index contributed by atoms with van der Waals surface area (Å²) in [7, 11) is 0. The predicted octanol–water partition coefficient (Wildman–Crippen LogP) is 12.5. The molecule has 234 valence electrons. The number of nitrogens with zero attached hydrogens (tertiary/aromatic N) is 3. The van der Waals surface area contributed by atoms with E-state index in [2.05, 4.69) is 6.07 Å². The second-order valence-electron chi connectivity index (χ2n) is 12.1. The van der Waals surface area contributed by atoms with Gasteiger partial charge < -0.3 is 4.42 Å². The molecule has 10 aromatic rings. The molecule has 0 atom stereocenters. The Kier molecular flexibility index (Phi) is 5.54. The second kappa shape index (κ2) is 11.6. The van der Waals surface area contributed by atoms with Crippen molar-refractivity contribution in [2.45, 2.75) is 0 Å². The van der Waals surface area contributed by atoms with Crippen LogP contribution in [0.2, 0.25) is 0 Å². The maximum Gasteiger partial charge on any atom is 0.164 e. The van der Waals surface area contributed by atoms with Gasteiger partial charge in [-0.25, -0.2) is 15.0 Å². The average molecular weight is 663 g/mol. The first-order chi connectivity index (χ1) is 26.8. The fraction of sp³-hybridized carbons (Fsp3) is 0. The third-order valence-corrected chi connectivity index (χ3v) is 10.1. The summed E-state index contributed by atoms with van der Waals surface area (Å²) in [4.78, 5) is 14.6. The Morgan fingerprint density at radius 1 is 0.440 bits per heavy atom. The molecule has 50 heavy (non-hydrogen) atoms. The molecule has 3 aromatic heterocycles. The second-order valence-corrected chi connectivity index (χ2v) is 13.1. The molecule has 5 heteroatoms. The minimum Gasteiger partial charge on any atom is -0.456 e. The monoisotopic (exact) mass is 662 g/mol. The van der Waals surface area contributed by atoms with E-state index in [1.54, 1.807) is 11.3 Å². The standard InChI is InChI=1S/C45H27N3OS/c1-4-12-28(13-5-1)37-24-33(27-41-42(37)36-18-10-11-19-40(36)50-41)31-20-22-34-35-23-21-32(26-39(35)49-38(34)25-31)45-47-43(29-14-6-2-7-15-29)46-44(48-45)30-16-8-3-9-17-30/h1-27H/i1D,4D,5D,12D,13D. The Morgan fingerprint density at radius 2 is 1.02 bits per heavy atom. The van der Waals surface area contributed by atoms with Gasteiger partial charge in [0.2, 0.25) is 0 Å². The number of fused-ring (bicyclic) bond motifs is 6. The molecule has 0 radical (unpaired) electrons. The summed E-state index contributed by atoms with van der Waals surface area (Å²) in [5.74, 6) is 1.70. The molecule has 10 rings (SSSR count). The van der Waals surface area contributed by atoms with Gasteiger partial charge in [0.05, 0.1) is 6.85 Å². The summed E-state index contributed by atoms with van der Waals surface area (Å²) in [6.07, 6.45) is 0. The number of hydrogen-bond acceptors (Lipinski definition) is 5. The van der Waals surface area contributed by atoms with E-state index in [-0.39, 0.29) is 29.7 Å². The number of hydrogen-bond donors (Lipinski definition) is 0. The zero-order valence-corrected chi connectivity index (χ0v) is 27.2. The molecule has 0 aliphatic carbocycles. The van der Waals surface area contributed by atoms with Crippen molar-refractivity contribution in [3.63, 3.8) is 0 Å². The summed E-state index contributed by atoms with van der Waals surface area (Å²) < 4.78 is 51.3. The van der Waals surface area contributed by atoms with Gasteiger partial charge in [-0.3, -0.25) is 0 Å². The summed E-state index contributed by atoms with van der Waals surface area (Å²) in [6.45, 7) is 0. The highest BCUT2D eigenvalue weighted by Gasteiger charge is 2.17. The van der Waals surface area contributed by atoms with Gasteiger partial charge >= 0.3 is 0 Å². The molecule has 0 aliphatic heterocycles. The van der Waals surface area contributed by atoms with Gasteiger partial charge in [0.1, 0.15) is 11.2 Å². The SMILES string of the molecule is [2H]c1c([2H])c([2H])c(-c2cc(-c3ccc4c(c3)oc3cc(-c5nc(-c6ccccc6)nc(-c6ccccc6)n5)ccc34)cc3sc4ccccc4c23)c([2H])c1[2H]. The number of aromatic nitrogens is 3. The van der Waals surface area contributed by atoms with E-state index in [0.717, 1.165) is 58.8 Å². The molecule has 0 unspecified atom stereocenters. The smallest absolute Gasteiger partial charge is 0.164 e. The van der Waals surface area contributed by atoms with Crippen molar-refractivity contribution in [1.82, 2.24) is 15.0 Å². The Balaban J connectivity index is 1.12. The first-order valence-corrected chi connectivity index (χ1v) is 17.0. The lowest BCUT2D eigenvalue weighted by Gasteiger charge is -2.09. The fourth-order valence-corrected chi connectivity index (χ4v) is 7.81. The van der Waals surface area contributed by atoms with E-state index in [1.165, 1.54) is 0 Å². The molecule has 0 amide bonds. The van der Waals surface area contributed by atoms with E-state index >= 15 is 0 Å². The fourth-order valence-electron chi connectivity index (χ4n) is 6.64. The maximum atomic E-state index is 8.85. The van der Waals surface area contributed by atoms with Gasteiger partial charge in [0.25, 0.3) is 0 Å². The molecule has 3 heterocycles. The van der Waals surface area contributed by atoms with E-state index in [4.69, 9.17) is 26.2 Å². The third kappa shape index (κ3) is 4.87. The van der Waals surface area contributed by atoms with Crippen molar-refractivity contribution < 1.29 is 11.3 Å². The van der Waals surface area contributed by atoms with Crippen LogP contribution >= 0.6 is 11.3 Å².